The lowest BCUT2D eigenvalue weighted by molar-refractivity contribution is -0.128. The predicted octanol–water partition coefficient (Wildman–Crippen LogP) is 1.52. The molecule has 0 bridgehead atoms. The summed E-state index contributed by atoms with van der Waals surface area (Å²) in [6.07, 6.45) is 3.56. The number of aromatic nitrogens is 1. The van der Waals surface area contributed by atoms with Crippen LogP contribution in [0.4, 0.5) is 5.69 Å². The Hall–Kier alpha value is -1.91. The van der Waals surface area contributed by atoms with E-state index in [1.54, 1.807) is 29.4 Å². The Morgan fingerprint density at radius 3 is 2.79 bits per heavy atom. The zero-order chi connectivity index (χ0) is 13.8. The first-order valence-corrected chi connectivity index (χ1v) is 6.55. The van der Waals surface area contributed by atoms with Crippen LogP contribution in [0.3, 0.4) is 0 Å². The Morgan fingerprint density at radius 1 is 1.47 bits per heavy atom. The summed E-state index contributed by atoms with van der Waals surface area (Å²) in [5.74, 6) is 0.153. The summed E-state index contributed by atoms with van der Waals surface area (Å²) in [5, 5.41) is 2.82. The molecule has 1 aliphatic heterocycles. The molecular weight excluding hydrogens is 242 g/mol. The molecule has 0 aromatic carbocycles. The van der Waals surface area contributed by atoms with Crippen molar-refractivity contribution in [1.29, 1.82) is 0 Å². The summed E-state index contributed by atoms with van der Waals surface area (Å²) in [4.78, 5) is 29.6. The molecule has 1 fully saturated rings. The molecule has 19 heavy (non-hydrogen) atoms. The summed E-state index contributed by atoms with van der Waals surface area (Å²) in [7, 11) is 0. The van der Waals surface area contributed by atoms with Crippen LogP contribution in [0.5, 0.6) is 0 Å². The Labute approximate surface area is 113 Å². The first kappa shape index (κ1) is 13.5. The first-order valence-electron chi connectivity index (χ1n) is 6.55. The molecule has 0 unspecified atom stereocenters. The second kappa shape index (κ2) is 5.82. The lowest BCUT2D eigenvalue weighted by Crippen LogP contribution is -2.31. The number of nitrogens with one attached hydrogen (secondary N) is 1. The van der Waals surface area contributed by atoms with E-state index in [9.17, 15) is 9.59 Å². The molecule has 1 atom stereocenters. The molecule has 1 aliphatic rings. The summed E-state index contributed by atoms with van der Waals surface area (Å²) in [5.41, 5.74) is 0.717. The van der Waals surface area contributed by atoms with E-state index in [2.05, 4.69) is 24.1 Å². The van der Waals surface area contributed by atoms with Crippen molar-refractivity contribution in [3.63, 3.8) is 0 Å². The lowest BCUT2D eigenvalue weighted by Gasteiger charge is -2.18. The fourth-order valence-corrected chi connectivity index (χ4v) is 2.24. The molecule has 1 saturated heterocycles. The second-order valence-electron chi connectivity index (χ2n) is 5.32. The number of hydrogen-bond donors (Lipinski definition) is 1. The fraction of sp³-hybridized carbons (Fsp3) is 0.500. The standard InChI is InChI=1S/C14H19N3O2/c1-10(2)8-17-9-11(7-13(17)18)14(19)16-12-3-5-15-6-4-12/h3-6,10-11H,7-9H2,1-2H3,(H,15,16,19)/t11-/m0/s1. The van der Waals surface area contributed by atoms with Crippen LogP contribution in [-0.4, -0.2) is 34.8 Å². The number of likely N-dealkylation sites (tertiary alicyclic amines) is 1. The molecule has 0 aliphatic carbocycles. The van der Waals surface area contributed by atoms with Gasteiger partial charge in [0.15, 0.2) is 0 Å². The van der Waals surface area contributed by atoms with Crippen LogP contribution in [0.1, 0.15) is 20.3 Å². The summed E-state index contributed by atoms with van der Waals surface area (Å²) < 4.78 is 0. The highest BCUT2D eigenvalue weighted by atomic mass is 16.2. The van der Waals surface area contributed by atoms with E-state index < -0.39 is 0 Å². The van der Waals surface area contributed by atoms with Crippen molar-refractivity contribution in [3.05, 3.63) is 24.5 Å². The zero-order valence-electron chi connectivity index (χ0n) is 11.3. The number of carbonyl (C=O) groups excluding carboxylic acids is 2. The van der Waals surface area contributed by atoms with Crippen LogP contribution in [0.25, 0.3) is 0 Å². The van der Waals surface area contributed by atoms with Gasteiger partial charge in [0.05, 0.1) is 5.92 Å². The van der Waals surface area contributed by atoms with E-state index in [0.717, 1.165) is 12.2 Å². The van der Waals surface area contributed by atoms with Gasteiger partial charge in [-0.25, -0.2) is 0 Å². The van der Waals surface area contributed by atoms with Gasteiger partial charge in [-0.1, -0.05) is 13.8 Å². The number of amides is 2. The van der Waals surface area contributed by atoms with Crippen molar-refractivity contribution in [2.24, 2.45) is 11.8 Å². The molecule has 1 aromatic heterocycles. The highest BCUT2D eigenvalue weighted by Crippen LogP contribution is 2.20. The third-order valence-electron chi connectivity index (χ3n) is 3.12. The van der Waals surface area contributed by atoms with Gasteiger partial charge >= 0.3 is 0 Å². The SMILES string of the molecule is CC(C)CN1C[C@@H](C(=O)Nc2ccncc2)CC1=O. The van der Waals surface area contributed by atoms with Gasteiger partial charge in [-0.15, -0.1) is 0 Å². The van der Waals surface area contributed by atoms with Crippen LogP contribution < -0.4 is 5.32 Å². The minimum absolute atomic E-state index is 0.0728. The van der Waals surface area contributed by atoms with Crippen molar-refractivity contribution in [1.82, 2.24) is 9.88 Å². The molecule has 0 spiro atoms. The van der Waals surface area contributed by atoms with Crippen molar-refractivity contribution in [2.75, 3.05) is 18.4 Å². The molecule has 102 valence electrons. The molecular formula is C14H19N3O2. The van der Waals surface area contributed by atoms with Gasteiger partial charge in [0.1, 0.15) is 0 Å². The minimum Gasteiger partial charge on any atom is -0.342 e. The number of carbonyl (C=O) groups is 2. The van der Waals surface area contributed by atoms with Crippen molar-refractivity contribution in [2.45, 2.75) is 20.3 Å². The average molecular weight is 261 g/mol. The first-order chi connectivity index (χ1) is 9.06. The maximum absolute atomic E-state index is 12.1. The molecule has 1 N–H and O–H groups in total. The van der Waals surface area contributed by atoms with Crippen molar-refractivity contribution >= 4 is 17.5 Å². The third-order valence-corrected chi connectivity index (χ3v) is 3.12. The van der Waals surface area contributed by atoms with Gasteiger partial charge in [-0.3, -0.25) is 14.6 Å². The molecule has 0 saturated carbocycles. The molecule has 5 nitrogen and oxygen atoms in total. The van der Waals surface area contributed by atoms with Crippen LogP contribution in [-0.2, 0) is 9.59 Å². The number of anilines is 1. The molecule has 2 heterocycles. The zero-order valence-corrected chi connectivity index (χ0v) is 11.3. The Bertz CT molecular complexity index is 459. The highest BCUT2D eigenvalue weighted by Gasteiger charge is 2.34. The quantitative estimate of drug-likeness (QED) is 0.894. The molecule has 1 aromatic rings. The van der Waals surface area contributed by atoms with Crippen LogP contribution in [0.2, 0.25) is 0 Å². The van der Waals surface area contributed by atoms with Crippen molar-refractivity contribution < 1.29 is 9.59 Å². The number of pyridine rings is 1. The van der Waals surface area contributed by atoms with E-state index in [4.69, 9.17) is 0 Å². The van der Waals surface area contributed by atoms with Gasteiger partial charge in [-0.2, -0.15) is 0 Å². The smallest absolute Gasteiger partial charge is 0.229 e. The summed E-state index contributed by atoms with van der Waals surface area (Å²) >= 11 is 0. The Kier molecular flexibility index (Phi) is 4.14. The van der Waals surface area contributed by atoms with Crippen molar-refractivity contribution in [3.8, 4) is 0 Å². The van der Waals surface area contributed by atoms with Gasteiger partial charge in [-0.05, 0) is 18.1 Å². The highest BCUT2D eigenvalue weighted by molar-refractivity contribution is 5.97. The number of hydrogen-bond acceptors (Lipinski definition) is 3. The summed E-state index contributed by atoms with van der Waals surface area (Å²) in [6.45, 7) is 5.38. The molecule has 0 radical (unpaired) electrons. The van der Waals surface area contributed by atoms with Gasteiger partial charge in [0.2, 0.25) is 11.8 Å². The Morgan fingerprint density at radius 2 is 2.16 bits per heavy atom. The van der Waals surface area contributed by atoms with E-state index >= 15 is 0 Å². The van der Waals surface area contributed by atoms with Crippen LogP contribution in [0.15, 0.2) is 24.5 Å². The van der Waals surface area contributed by atoms with Crippen LogP contribution >= 0.6 is 0 Å². The van der Waals surface area contributed by atoms with Gasteiger partial charge in [0, 0.05) is 37.6 Å². The number of rotatable bonds is 4. The topological polar surface area (TPSA) is 62.3 Å². The monoisotopic (exact) mass is 261 g/mol. The van der Waals surface area contributed by atoms with E-state index in [0.29, 0.717) is 18.9 Å². The van der Waals surface area contributed by atoms with Gasteiger partial charge in [0.25, 0.3) is 0 Å². The van der Waals surface area contributed by atoms with E-state index in [1.165, 1.54) is 0 Å². The largest absolute Gasteiger partial charge is 0.342 e. The van der Waals surface area contributed by atoms with Gasteiger partial charge < -0.3 is 10.2 Å². The average Bonchev–Trinajstić information content (AvgIpc) is 2.71. The predicted molar refractivity (Wildman–Crippen MR) is 72.4 cm³/mol. The van der Waals surface area contributed by atoms with E-state index in [1.807, 2.05) is 0 Å². The normalized spacial score (nSPS) is 19.0. The summed E-state index contributed by atoms with van der Waals surface area (Å²) in [6, 6.07) is 3.47. The van der Waals surface area contributed by atoms with Crippen LogP contribution in [0, 0.1) is 11.8 Å². The second-order valence-corrected chi connectivity index (χ2v) is 5.32. The molecule has 2 rings (SSSR count). The maximum atomic E-state index is 12.1. The lowest BCUT2D eigenvalue weighted by atomic mass is 10.1. The molecule has 5 heteroatoms. The maximum Gasteiger partial charge on any atom is 0.229 e. The minimum atomic E-state index is -0.251. The third kappa shape index (κ3) is 3.53. The Balaban J connectivity index is 1.93. The molecule has 2 amide bonds. The fourth-order valence-electron chi connectivity index (χ4n) is 2.24. The number of nitrogens with zero attached hydrogens (tertiary/aromatic N) is 2. The van der Waals surface area contributed by atoms with E-state index in [-0.39, 0.29) is 17.7 Å².